The van der Waals surface area contributed by atoms with Crippen LogP contribution in [0.4, 0.5) is 0 Å². The van der Waals surface area contributed by atoms with Crippen LogP contribution in [0.5, 0.6) is 0 Å². The molecule has 148 valence electrons. The maximum Gasteiger partial charge on any atom is 0.337 e. The minimum atomic E-state index is -0.242. The Morgan fingerprint density at radius 3 is 2.59 bits per heavy atom. The molecule has 0 amide bonds. The van der Waals surface area contributed by atoms with Gasteiger partial charge >= 0.3 is 5.97 Å². The second-order valence-corrected chi connectivity index (χ2v) is 6.14. The lowest BCUT2D eigenvalue weighted by molar-refractivity contribution is -0.138. The summed E-state index contributed by atoms with van der Waals surface area (Å²) in [6, 6.07) is 10.3. The van der Waals surface area contributed by atoms with Gasteiger partial charge in [-0.1, -0.05) is 49.4 Å². The molecule has 1 atom stereocenters. The molecular weight excluding hydrogens is 340 g/mol. The SMILES string of the molecule is CCCOC(=O)C1=CCC=CC(NC)=C1.CNC(CO)Cc1ccccc1. The van der Waals surface area contributed by atoms with E-state index in [1.807, 2.05) is 63.5 Å². The first-order valence-electron chi connectivity index (χ1n) is 9.39. The highest BCUT2D eigenvalue weighted by atomic mass is 16.5. The molecule has 0 saturated heterocycles. The van der Waals surface area contributed by atoms with E-state index in [4.69, 9.17) is 9.84 Å². The Balaban J connectivity index is 0.000000277. The first-order valence-corrected chi connectivity index (χ1v) is 9.39. The predicted octanol–water partition coefficient (Wildman–Crippen LogP) is 2.74. The zero-order valence-corrected chi connectivity index (χ0v) is 16.6. The largest absolute Gasteiger partial charge is 0.462 e. The maximum atomic E-state index is 11.6. The molecule has 0 spiro atoms. The molecule has 0 aromatic heterocycles. The number of nitrogens with one attached hydrogen (secondary N) is 2. The second-order valence-electron chi connectivity index (χ2n) is 6.14. The lowest BCUT2D eigenvalue weighted by Crippen LogP contribution is -2.31. The van der Waals surface area contributed by atoms with Crippen molar-refractivity contribution in [3.8, 4) is 0 Å². The van der Waals surface area contributed by atoms with Gasteiger partial charge in [0.25, 0.3) is 0 Å². The summed E-state index contributed by atoms with van der Waals surface area (Å²) in [4.78, 5) is 11.6. The zero-order valence-electron chi connectivity index (χ0n) is 16.6. The summed E-state index contributed by atoms with van der Waals surface area (Å²) in [5.41, 5.74) is 2.80. The molecule has 27 heavy (non-hydrogen) atoms. The van der Waals surface area contributed by atoms with Gasteiger partial charge in [-0.3, -0.25) is 0 Å². The number of hydrogen-bond donors (Lipinski definition) is 3. The number of hydrogen-bond acceptors (Lipinski definition) is 5. The van der Waals surface area contributed by atoms with Gasteiger partial charge in [0.15, 0.2) is 0 Å². The van der Waals surface area contributed by atoms with E-state index in [1.54, 1.807) is 0 Å². The zero-order chi connectivity index (χ0) is 19.9. The first kappa shape index (κ1) is 22.7. The lowest BCUT2D eigenvalue weighted by atomic mass is 10.1. The van der Waals surface area contributed by atoms with Gasteiger partial charge in [-0.25, -0.2) is 4.79 Å². The molecule has 1 aromatic rings. The molecule has 0 saturated carbocycles. The summed E-state index contributed by atoms with van der Waals surface area (Å²) in [7, 11) is 3.69. The van der Waals surface area contributed by atoms with Gasteiger partial charge in [0.2, 0.25) is 0 Å². The quantitative estimate of drug-likeness (QED) is 0.612. The van der Waals surface area contributed by atoms with E-state index in [9.17, 15) is 4.79 Å². The lowest BCUT2D eigenvalue weighted by Gasteiger charge is -2.12. The summed E-state index contributed by atoms with van der Waals surface area (Å²) in [5, 5.41) is 15.0. The smallest absolute Gasteiger partial charge is 0.337 e. The number of allylic oxidation sites excluding steroid dienone is 3. The number of carbonyl (C=O) groups is 1. The molecule has 5 nitrogen and oxygen atoms in total. The fraction of sp³-hybridized carbons (Fsp3) is 0.409. The van der Waals surface area contributed by atoms with Crippen LogP contribution in [0.1, 0.15) is 25.3 Å². The molecule has 0 aliphatic heterocycles. The summed E-state index contributed by atoms with van der Waals surface area (Å²) in [5.74, 6) is -0.242. The Hall–Kier alpha value is -2.37. The molecule has 0 heterocycles. The summed E-state index contributed by atoms with van der Waals surface area (Å²) >= 11 is 0. The van der Waals surface area contributed by atoms with Crippen LogP contribution >= 0.6 is 0 Å². The number of likely N-dealkylation sites (N-methyl/N-ethyl adjacent to an activating group) is 2. The van der Waals surface area contributed by atoms with Crippen molar-refractivity contribution >= 4 is 5.97 Å². The number of esters is 1. The Morgan fingerprint density at radius 2 is 2.00 bits per heavy atom. The molecule has 1 aliphatic rings. The van der Waals surface area contributed by atoms with Gasteiger partial charge in [-0.05, 0) is 44.0 Å². The van der Waals surface area contributed by atoms with Crippen LogP contribution < -0.4 is 10.6 Å². The van der Waals surface area contributed by atoms with Crippen molar-refractivity contribution in [3.05, 3.63) is 71.5 Å². The summed E-state index contributed by atoms with van der Waals surface area (Å²) < 4.78 is 5.07. The molecule has 0 radical (unpaired) electrons. The normalized spacial score (nSPS) is 14.1. The van der Waals surface area contributed by atoms with Crippen molar-refractivity contribution in [2.45, 2.75) is 32.2 Å². The third kappa shape index (κ3) is 9.22. The van der Waals surface area contributed by atoms with E-state index in [0.29, 0.717) is 12.2 Å². The van der Waals surface area contributed by atoms with Gasteiger partial charge in [-0.15, -0.1) is 0 Å². The number of ether oxygens (including phenoxy) is 1. The van der Waals surface area contributed by atoms with E-state index >= 15 is 0 Å². The van der Waals surface area contributed by atoms with Crippen LogP contribution in [0.3, 0.4) is 0 Å². The van der Waals surface area contributed by atoms with Crippen molar-refractivity contribution in [3.63, 3.8) is 0 Å². The van der Waals surface area contributed by atoms with Crippen molar-refractivity contribution in [2.75, 3.05) is 27.3 Å². The second kappa shape index (κ2) is 13.8. The number of aliphatic hydroxyl groups excluding tert-OH is 1. The van der Waals surface area contributed by atoms with Gasteiger partial charge in [0.1, 0.15) is 0 Å². The van der Waals surface area contributed by atoms with Gasteiger partial charge in [0, 0.05) is 18.8 Å². The fourth-order valence-electron chi connectivity index (χ4n) is 2.40. The number of benzene rings is 1. The number of rotatable bonds is 8. The number of carbonyl (C=O) groups excluding carboxylic acids is 1. The standard InChI is InChI=1S/C12H17NO2.C10H15NO/c1-3-8-15-12(14)10-6-4-5-7-11(9-10)13-2;1-11-10(8-12)7-9-5-3-2-4-6-9/h5-7,9,13H,3-4,8H2,1-2H3;2-6,10-12H,7-8H2,1H3. The highest BCUT2D eigenvalue weighted by Crippen LogP contribution is 2.11. The van der Waals surface area contributed by atoms with Gasteiger partial charge in [0.05, 0.1) is 18.8 Å². The molecule has 0 fully saturated rings. The van der Waals surface area contributed by atoms with E-state index in [2.05, 4.69) is 22.8 Å². The van der Waals surface area contributed by atoms with Crippen molar-refractivity contribution in [2.24, 2.45) is 0 Å². The Bertz CT molecular complexity index is 632. The highest BCUT2D eigenvalue weighted by Gasteiger charge is 2.09. The predicted molar refractivity (Wildman–Crippen MR) is 110 cm³/mol. The topological polar surface area (TPSA) is 70.6 Å². The van der Waals surface area contributed by atoms with E-state index in [0.717, 1.165) is 25.0 Å². The Morgan fingerprint density at radius 1 is 1.26 bits per heavy atom. The summed E-state index contributed by atoms with van der Waals surface area (Å²) in [6.07, 6.45) is 10.1. The highest BCUT2D eigenvalue weighted by molar-refractivity contribution is 5.92. The Kier molecular flexibility index (Phi) is 11.6. The molecule has 2 rings (SSSR count). The molecule has 3 N–H and O–H groups in total. The van der Waals surface area contributed by atoms with Crippen LogP contribution in [-0.4, -0.2) is 44.4 Å². The minimum absolute atomic E-state index is 0.174. The molecule has 0 bridgehead atoms. The van der Waals surface area contributed by atoms with Gasteiger partial charge < -0.3 is 20.5 Å². The number of aliphatic hydroxyl groups is 1. The third-order valence-corrected chi connectivity index (χ3v) is 4.00. The van der Waals surface area contributed by atoms with Crippen LogP contribution in [0.15, 0.2) is 65.9 Å². The van der Waals surface area contributed by atoms with Gasteiger partial charge in [-0.2, -0.15) is 0 Å². The van der Waals surface area contributed by atoms with E-state index in [-0.39, 0.29) is 18.6 Å². The first-order chi connectivity index (χ1) is 13.1. The molecule has 1 unspecified atom stereocenters. The van der Waals surface area contributed by atoms with Crippen LogP contribution in [0, 0.1) is 0 Å². The van der Waals surface area contributed by atoms with Crippen molar-refractivity contribution in [1.29, 1.82) is 0 Å². The minimum Gasteiger partial charge on any atom is -0.462 e. The molecule has 5 heteroatoms. The molecular formula is C22H32N2O3. The molecule has 1 aliphatic carbocycles. The van der Waals surface area contributed by atoms with Crippen molar-refractivity contribution < 1.29 is 14.6 Å². The Labute approximate surface area is 162 Å². The van der Waals surface area contributed by atoms with E-state index in [1.165, 1.54) is 5.56 Å². The third-order valence-electron chi connectivity index (χ3n) is 4.00. The molecule has 1 aromatic carbocycles. The average molecular weight is 373 g/mol. The van der Waals surface area contributed by atoms with Crippen molar-refractivity contribution in [1.82, 2.24) is 10.6 Å². The fourth-order valence-corrected chi connectivity index (χ4v) is 2.40. The van der Waals surface area contributed by atoms with Crippen LogP contribution in [-0.2, 0) is 16.0 Å². The summed E-state index contributed by atoms with van der Waals surface area (Å²) in [6.45, 7) is 2.64. The average Bonchev–Trinajstić information content (AvgIpc) is 2.97. The van der Waals surface area contributed by atoms with Crippen LogP contribution in [0.2, 0.25) is 0 Å². The van der Waals surface area contributed by atoms with E-state index < -0.39 is 0 Å². The van der Waals surface area contributed by atoms with Crippen LogP contribution in [0.25, 0.3) is 0 Å². The maximum absolute atomic E-state index is 11.6. The monoisotopic (exact) mass is 372 g/mol.